The predicted octanol–water partition coefficient (Wildman–Crippen LogP) is 3.44. The first kappa shape index (κ1) is 13.8. The molecule has 0 bridgehead atoms. The number of hydrogen-bond donors (Lipinski definition) is 0. The highest BCUT2D eigenvalue weighted by molar-refractivity contribution is 5.48. The fraction of sp³-hybridized carbons (Fsp3) is 0.467. The van der Waals surface area contributed by atoms with Gasteiger partial charge in [0.2, 0.25) is 0 Å². The summed E-state index contributed by atoms with van der Waals surface area (Å²) in [4.78, 5) is 2.34. The molecule has 0 spiro atoms. The Kier molecular flexibility index (Phi) is 6.41. The maximum Gasteiger partial charge on any atom is 0.119 e. The Morgan fingerprint density at radius 2 is 1.94 bits per heavy atom. The molecule has 94 valence electrons. The van der Waals surface area contributed by atoms with Gasteiger partial charge in [0.25, 0.3) is 0 Å². The number of ether oxygens (including phenoxy) is 1. The van der Waals surface area contributed by atoms with E-state index in [2.05, 4.69) is 25.5 Å². The number of nitrogens with zero attached hydrogens (tertiary/aromatic N) is 1. The molecule has 1 aromatic rings. The SMILES string of the molecule is C=Cc1ccc(OCCCN(C)CCC)cc1. The van der Waals surface area contributed by atoms with Crippen LogP contribution < -0.4 is 4.74 Å². The largest absolute Gasteiger partial charge is 0.494 e. The lowest BCUT2D eigenvalue weighted by Gasteiger charge is -2.15. The quantitative estimate of drug-likeness (QED) is 0.638. The van der Waals surface area contributed by atoms with Crippen molar-refractivity contribution in [1.82, 2.24) is 4.90 Å². The Balaban J connectivity index is 2.19. The van der Waals surface area contributed by atoms with Gasteiger partial charge in [-0.05, 0) is 44.1 Å². The van der Waals surface area contributed by atoms with E-state index in [1.165, 1.54) is 6.42 Å². The Labute approximate surface area is 105 Å². The summed E-state index contributed by atoms with van der Waals surface area (Å²) in [5, 5.41) is 0. The van der Waals surface area contributed by atoms with E-state index in [1.807, 2.05) is 30.3 Å². The molecule has 0 fully saturated rings. The van der Waals surface area contributed by atoms with E-state index in [1.54, 1.807) is 0 Å². The van der Waals surface area contributed by atoms with Crippen LogP contribution in [0.3, 0.4) is 0 Å². The summed E-state index contributed by atoms with van der Waals surface area (Å²) in [5.74, 6) is 0.939. The highest BCUT2D eigenvalue weighted by Crippen LogP contribution is 2.12. The zero-order valence-corrected chi connectivity index (χ0v) is 11.0. The van der Waals surface area contributed by atoms with Crippen LogP contribution in [0.5, 0.6) is 5.75 Å². The van der Waals surface area contributed by atoms with Crippen molar-refractivity contribution in [2.75, 3.05) is 26.7 Å². The molecule has 2 heteroatoms. The van der Waals surface area contributed by atoms with Crippen molar-refractivity contribution in [1.29, 1.82) is 0 Å². The van der Waals surface area contributed by atoms with E-state index in [-0.39, 0.29) is 0 Å². The van der Waals surface area contributed by atoms with E-state index in [4.69, 9.17) is 4.74 Å². The molecule has 0 radical (unpaired) electrons. The van der Waals surface area contributed by atoms with Crippen molar-refractivity contribution >= 4 is 6.08 Å². The molecule has 0 heterocycles. The minimum atomic E-state index is 0.779. The van der Waals surface area contributed by atoms with E-state index in [0.29, 0.717) is 0 Å². The first-order chi connectivity index (χ1) is 8.26. The second kappa shape index (κ2) is 7.91. The average Bonchev–Trinajstić information content (AvgIpc) is 2.36. The highest BCUT2D eigenvalue weighted by atomic mass is 16.5. The van der Waals surface area contributed by atoms with Crippen molar-refractivity contribution in [3.8, 4) is 5.75 Å². The lowest BCUT2D eigenvalue weighted by Crippen LogP contribution is -2.21. The van der Waals surface area contributed by atoms with Crippen molar-refractivity contribution in [3.63, 3.8) is 0 Å². The minimum absolute atomic E-state index is 0.779. The summed E-state index contributed by atoms with van der Waals surface area (Å²) in [6, 6.07) is 8.02. The number of rotatable bonds is 8. The molecule has 0 aromatic heterocycles. The summed E-state index contributed by atoms with van der Waals surface area (Å²) < 4.78 is 5.67. The van der Waals surface area contributed by atoms with Gasteiger partial charge in [0.15, 0.2) is 0 Å². The molecule has 0 saturated carbocycles. The van der Waals surface area contributed by atoms with Gasteiger partial charge in [-0.2, -0.15) is 0 Å². The fourth-order valence-electron chi connectivity index (χ4n) is 1.72. The molecule has 2 nitrogen and oxygen atoms in total. The highest BCUT2D eigenvalue weighted by Gasteiger charge is 1.97. The molecular formula is C15H23NO. The summed E-state index contributed by atoms with van der Waals surface area (Å²) in [7, 11) is 2.16. The molecule has 0 aliphatic carbocycles. The van der Waals surface area contributed by atoms with Crippen LogP contribution in [0.1, 0.15) is 25.3 Å². The van der Waals surface area contributed by atoms with Crippen molar-refractivity contribution < 1.29 is 4.74 Å². The number of benzene rings is 1. The minimum Gasteiger partial charge on any atom is -0.494 e. The van der Waals surface area contributed by atoms with Gasteiger partial charge >= 0.3 is 0 Å². The maximum atomic E-state index is 5.67. The lowest BCUT2D eigenvalue weighted by molar-refractivity contribution is 0.263. The summed E-state index contributed by atoms with van der Waals surface area (Å²) in [5.41, 5.74) is 1.13. The Morgan fingerprint density at radius 1 is 1.24 bits per heavy atom. The second-order valence-corrected chi connectivity index (χ2v) is 4.28. The Bertz CT molecular complexity index is 318. The molecule has 0 saturated heterocycles. The van der Waals surface area contributed by atoms with E-state index >= 15 is 0 Å². The molecule has 0 amide bonds. The third-order valence-electron chi connectivity index (χ3n) is 2.67. The normalized spacial score (nSPS) is 10.5. The fourth-order valence-corrected chi connectivity index (χ4v) is 1.72. The van der Waals surface area contributed by atoms with Gasteiger partial charge in [-0.3, -0.25) is 0 Å². The van der Waals surface area contributed by atoms with Crippen LogP contribution in [0.25, 0.3) is 6.08 Å². The number of hydrogen-bond acceptors (Lipinski definition) is 2. The molecule has 0 aliphatic rings. The van der Waals surface area contributed by atoms with Crippen LogP contribution in [0.4, 0.5) is 0 Å². The Hall–Kier alpha value is -1.28. The van der Waals surface area contributed by atoms with Crippen molar-refractivity contribution in [2.24, 2.45) is 0 Å². The predicted molar refractivity (Wildman–Crippen MR) is 74.4 cm³/mol. The van der Waals surface area contributed by atoms with Crippen LogP contribution in [0.2, 0.25) is 0 Å². The van der Waals surface area contributed by atoms with Crippen molar-refractivity contribution in [3.05, 3.63) is 36.4 Å². The van der Waals surface area contributed by atoms with Crippen LogP contribution in [-0.2, 0) is 0 Å². The van der Waals surface area contributed by atoms with Gasteiger partial charge in [0.05, 0.1) is 6.61 Å². The molecule has 0 aliphatic heterocycles. The van der Waals surface area contributed by atoms with Crippen LogP contribution in [0, 0.1) is 0 Å². The molecule has 0 atom stereocenters. The maximum absolute atomic E-state index is 5.67. The molecule has 1 aromatic carbocycles. The van der Waals surface area contributed by atoms with Crippen LogP contribution in [0.15, 0.2) is 30.8 Å². The molecule has 1 rings (SSSR count). The van der Waals surface area contributed by atoms with Gasteiger partial charge in [0.1, 0.15) is 5.75 Å². The van der Waals surface area contributed by atoms with Crippen molar-refractivity contribution in [2.45, 2.75) is 19.8 Å². The molecule has 17 heavy (non-hydrogen) atoms. The first-order valence-corrected chi connectivity index (χ1v) is 6.30. The monoisotopic (exact) mass is 233 g/mol. The molecular weight excluding hydrogens is 210 g/mol. The third-order valence-corrected chi connectivity index (χ3v) is 2.67. The van der Waals surface area contributed by atoms with Gasteiger partial charge in [-0.25, -0.2) is 0 Å². The second-order valence-electron chi connectivity index (χ2n) is 4.28. The topological polar surface area (TPSA) is 12.5 Å². The van der Waals surface area contributed by atoms with E-state index in [9.17, 15) is 0 Å². The average molecular weight is 233 g/mol. The summed E-state index contributed by atoms with van der Waals surface area (Å²) >= 11 is 0. The van der Waals surface area contributed by atoms with Crippen LogP contribution >= 0.6 is 0 Å². The van der Waals surface area contributed by atoms with Gasteiger partial charge in [-0.15, -0.1) is 0 Å². The van der Waals surface area contributed by atoms with E-state index < -0.39 is 0 Å². The third kappa shape index (κ3) is 5.55. The van der Waals surface area contributed by atoms with Gasteiger partial charge in [-0.1, -0.05) is 31.7 Å². The molecule has 0 N–H and O–H groups in total. The van der Waals surface area contributed by atoms with Gasteiger partial charge < -0.3 is 9.64 Å². The summed E-state index contributed by atoms with van der Waals surface area (Å²) in [6.45, 7) is 8.96. The summed E-state index contributed by atoms with van der Waals surface area (Å²) in [6.07, 6.45) is 4.11. The van der Waals surface area contributed by atoms with E-state index in [0.717, 1.165) is 37.4 Å². The smallest absolute Gasteiger partial charge is 0.119 e. The van der Waals surface area contributed by atoms with Gasteiger partial charge in [0, 0.05) is 6.54 Å². The zero-order valence-electron chi connectivity index (χ0n) is 11.0. The zero-order chi connectivity index (χ0) is 12.5. The lowest BCUT2D eigenvalue weighted by atomic mass is 10.2. The molecule has 0 unspecified atom stereocenters. The standard InChI is InChI=1S/C15H23NO/c1-4-11-16(3)12-6-13-17-15-9-7-14(5-2)8-10-15/h5,7-10H,2,4,6,11-13H2,1,3H3. The van der Waals surface area contributed by atoms with Crippen LogP contribution in [-0.4, -0.2) is 31.6 Å². The first-order valence-electron chi connectivity index (χ1n) is 6.30. The Morgan fingerprint density at radius 3 is 2.53 bits per heavy atom.